The molecule has 0 aromatic heterocycles. The van der Waals surface area contributed by atoms with E-state index < -0.39 is 18.9 Å². The number of hydrogen-bond donors (Lipinski definition) is 2. The normalized spacial score (nSPS) is 18.0. The number of carbonyl (C=O) groups excluding carboxylic acids is 1. The molecule has 5 nitrogen and oxygen atoms in total. The summed E-state index contributed by atoms with van der Waals surface area (Å²) in [5, 5.41) is 3.15. The molecule has 0 saturated carbocycles. The summed E-state index contributed by atoms with van der Waals surface area (Å²) in [6.45, 7) is 0.689. The van der Waals surface area contributed by atoms with E-state index in [0.29, 0.717) is 12.2 Å². The first-order valence-electron chi connectivity index (χ1n) is 7.76. The highest BCUT2D eigenvalue weighted by Gasteiger charge is 2.15. The lowest BCUT2D eigenvalue weighted by Gasteiger charge is -2.23. The van der Waals surface area contributed by atoms with Gasteiger partial charge in [-0.15, -0.1) is 0 Å². The van der Waals surface area contributed by atoms with Gasteiger partial charge < -0.3 is 20.5 Å². The van der Waals surface area contributed by atoms with Crippen LogP contribution in [0.5, 0.6) is 5.75 Å². The van der Waals surface area contributed by atoms with Crippen LogP contribution >= 0.6 is 0 Å². The summed E-state index contributed by atoms with van der Waals surface area (Å²) in [6.07, 6.45) is 1.77. The third-order valence-electron chi connectivity index (χ3n) is 3.69. The maximum atomic E-state index is 12.4. The van der Waals surface area contributed by atoms with Crippen LogP contribution < -0.4 is 15.8 Å². The minimum absolute atomic E-state index is 0.200. The van der Waals surface area contributed by atoms with Gasteiger partial charge in [0.15, 0.2) is 0 Å². The summed E-state index contributed by atoms with van der Waals surface area (Å²) in [5.74, 6) is -0.430. The standard InChI is InChI=1S/C16H22F2N2O3/c17-15(18)10-23-14-9-11(16(19)21)4-5-13(14)20-7-6-12-3-1-2-8-22-12/h4-5,9,12,15,20H,1-3,6-8,10H2,(H2,19,21). The lowest BCUT2D eigenvalue weighted by Crippen LogP contribution is -2.22. The van der Waals surface area contributed by atoms with Crippen molar-refractivity contribution in [2.45, 2.75) is 38.2 Å². The fraction of sp³-hybridized carbons (Fsp3) is 0.562. The Morgan fingerprint density at radius 2 is 2.26 bits per heavy atom. The van der Waals surface area contributed by atoms with Gasteiger partial charge in [-0.1, -0.05) is 0 Å². The number of nitrogens with two attached hydrogens (primary N) is 1. The Morgan fingerprint density at radius 1 is 1.43 bits per heavy atom. The number of amides is 1. The monoisotopic (exact) mass is 328 g/mol. The molecule has 1 aliphatic rings. The van der Waals surface area contributed by atoms with E-state index >= 15 is 0 Å². The molecule has 1 aromatic carbocycles. The second-order valence-electron chi connectivity index (χ2n) is 5.48. The zero-order valence-corrected chi connectivity index (χ0v) is 12.9. The number of alkyl halides is 2. The van der Waals surface area contributed by atoms with Gasteiger partial charge in [0.1, 0.15) is 12.4 Å². The molecule has 1 aromatic rings. The van der Waals surface area contributed by atoms with E-state index in [2.05, 4.69) is 5.32 Å². The van der Waals surface area contributed by atoms with Crippen LogP contribution in [-0.2, 0) is 4.74 Å². The average Bonchev–Trinajstić information content (AvgIpc) is 2.54. The molecular formula is C16H22F2N2O3. The first kappa shape index (κ1) is 17.5. The molecule has 1 atom stereocenters. The summed E-state index contributed by atoms with van der Waals surface area (Å²) >= 11 is 0. The van der Waals surface area contributed by atoms with Crippen LogP contribution in [-0.4, -0.2) is 38.2 Å². The molecule has 1 fully saturated rings. The molecule has 1 heterocycles. The number of anilines is 1. The van der Waals surface area contributed by atoms with Crippen LogP contribution in [0.1, 0.15) is 36.0 Å². The highest BCUT2D eigenvalue weighted by molar-refractivity contribution is 5.93. The Morgan fingerprint density at radius 3 is 2.91 bits per heavy atom. The van der Waals surface area contributed by atoms with Crippen molar-refractivity contribution in [1.82, 2.24) is 0 Å². The van der Waals surface area contributed by atoms with Gasteiger partial charge in [0.2, 0.25) is 5.91 Å². The largest absolute Gasteiger partial charge is 0.485 e. The molecule has 3 N–H and O–H groups in total. The quantitative estimate of drug-likeness (QED) is 0.769. The van der Waals surface area contributed by atoms with Gasteiger partial charge in [-0.2, -0.15) is 0 Å². The molecule has 0 bridgehead atoms. The first-order valence-corrected chi connectivity index (χ1v) is 7.76. The van der Waals surface area contributed by atoms with E-state index in [0.717, 1.165) is 25.9 Å². The number of ether oxygens (including phenoxy) is 2. The van der Waals surface area contributed by atoms with Crippen molar-refractivity contribution in [3.05, 3.63) is 23.8 Å². The van der Waals surface area contributed by atoms with Gasteiger partial charge in [0, 0.05) is 18.7 Å². The van der Waals surface area contributed by atoms with Gasteiger partial charge in [-0.3, -0.25) is 4.79 Å². The maximum absolute atomic E-state index is 12.4. The molecular weight excluding hydrogens is 306 g/mol. The number of primary amides is 1. The van der Waals surface area contributed by atoms with Crippen molar-refractivity contribution in [2.75, 3.05) is 25.1 Å². The second-order valence-corrected chi connectivity index (χ2v) is 5.48. The molecule has 1 unspecified atom stereocenters. The van der Waals surface area contributed by atoms with Crippen LogP contribution in [0.3, 0.4) is 0 Å². The fourth-order valence-corrected chi connectivity index (χ4v) is 2.50. The Balaban J connectivity index is 1.96. The van der Waals surface area contributed by atoms with E-state index in [1.807, 2.05) is 0 Å². The maximum Gasteiger partial charge on any atom is 0.272 e. The Labute approximate surface area is 134 Å². The Hall–Kier alpha value is -1.89. The molecule has 1 amide bonds. The SMILES string of the molecule is NC(=O)c1ccc(NCCC2CCCCO2)c(OCC(F)F)c1. The average molecular weight is 328 g/mol. The molecule has 128 valence electrons. The van der Waals surface area contributed by atoms with Crippen molar-refractivity contribution >= 4 is 11.6 Å². The molecule has 1 saturated heterocycles. The molecule has 0 radical (unpaired) electrons. The number of halogens is 2. The van der Waals surface area contributed by atoms with Crippen molar-refractivity contribution in [3.63, 3.8) is 0 Å². The van der Waals surface area contributed by atoms with E-state index in [1.54, 1.807) is 6.07 Å². The lowest BCUT2D eigenvalue weighted by molar-refractivity contribution is 0.0134. The third-order valence-corrected chi connectivity index (χ3v) is 3.69. The topological polar surface area (TPSA) is 73.6 Å². The molecule has 7 heteroatoms. The van der Waals surface area contributed by atoms with Crippen LogP contribution in [0.4, 0.5) is 14.5 Å². The van der Waals surface area contributed by atoms with Gasteiger partial charge in [-0.05, 0) is 43.9 Å². The van der Waals surface area contributed by atoms with Crippen molar-refractivity contribution < 1.29 is 23.0 Å². The van der Waals surface area contributed by atoms with Crippen LogP contribution in [0.2, 0.25) is 0 Å². The van der Waals surface area contributed by atoms with E-state index in [1.165, 1.54) is 18.6 Å². The summed E-state index contributed by atoms with van der Waals surface area (Å²) in [6, 6.07) is 4.53. The van der Waals surface area contributed by atoms with Crippen molar-refractivity contribution in [3.8, 4) is 5.75 Å². The zero-order chi connectivity index (χ0) is 16.7. The molecule has 0 spiro atoms. The van der Waals surface area contributed by atoms with Gasteiger partial charge in [0.25, 0.3) is 6.43 Å². The minimum Gasteiger partial charge on any atom is -0.485 e. The van der Waals surface area contributed by atoms with Gasteiger partial charge in [0.05, 0.1) is 11.8 Å². The van der Waals surface area contributed by atoms with E-state index in [4.69, 9.17) is 15.2 Å². The summed E-state index contributed by atoms with van der Waals surface area (Å²) in [7, 11) is 0. The van der Waals surface area contributed by atoms with Crippen molar-refractivity contribution in [2.24, 2.45) is 5.73 Å². The Bertz CT molecular complexity index is 520. The highest BCUT2D eigenvalue weighted by atomic mass is 19.3. The molecule has 2 rings (SSSR count). The third kappa shape index (κ3) is 5.67. The molecule has 1 aliphatic heterocycles. The van der Waals surface area contributed by atoms with Gasteiger partial charge >= 0.3 is 0 Å². The van der Waals surface area contributed by atoms with E-state index in [-0.39, 0.29) is 17.4 Å². The minimum atomic E-state index is -2.59. The summed E-state index contributed by atoms with van der Waals surface area (Å²) in [5.41, 5.74) is 5.99. The van der Waals surface area contributed by atoms with Crippen molar-refractivity contribution in [1.29, 1.82) is 0 Å². The smallest absolute Gasteiger partial charge is 0.272 e. The number of nitrogens with one attached hydrogen (secondary N) is 1. The lowest BCUT2D eigenvalue weighted by atomic mass is 10.1. The number of benzene rings is 1. The molecule has 0 aliphatic carbocycles. The zero-order valence-electron chi connectivity index (χ0n) is 12.9. The predicted molar refractivity (Wildman–Crippen MR) is 83.2 cm³/mol. The van der Waals surface area contributed by atoms with Crippen LogP contribution in [0.25, 0.3) is 0 Å². The highest BCUT2D eigenvalue weighted by Crippen LogP contribution is 2.27. The number of rotatable bonds is 8. The Kier molecular flexibility index (Phi) is 6.58. The van der Waals surface area contributed by atoms with E-state index in [9.17, 15) is 13.6 Å². The summed E-state index contributed by atoms with van der Waals surface area (Å²) < 4.78 is 35.4. The number of hydrogen-bond acceptors (Lipinski definition) is 4. The predicted octanol–water partition coefficient (Wildman–Crippen LogP) is 2.80. The summed E-state index contributed by atoms with van der Waals surface area (Å²) in [4.78, 5) is 11.2. The van der Waals surface area contributed by atoms with Crippen LogP contribution in [0.15, 0.2) is 18.2 Å². The fourth-order valence-electron chi connectivity index (χ4n) is 2.50. The second kappa shape index (κ2) is 8.67. The van der Waals surface area contributed by atoms with Crippen LogP contribution in [0, 0.1) is 0 Å². The number of carbonyl (C=O) groups is 1. The van der Waals surface area contributed by atoms with Gasteiger partial charge in [-0.25, -0.2) is 8.78 Å². The molecule has 23 heavy (non-hydrogen) atoms. The first-order chi connectivity index (χ1) is 11.1.